The van der Waals surface area contributed by atoms with Crippen molar-refractivity contribution in [1.82, 2.24) is 9.97 Å². The molecule has 0 radical (unpaired) electrons. The number of amides is 2. The number of thiazole rings is 1. The maximum Gasteiger partial charge on any atom is 0.316 e. The molecule has 0 saturated carbocycles. The normalized spacial score (nSPS) is 10.6. The van der Waals surface area contributed by atoms with Gasteiger partial charge >= 0.3 is 5.91 Å². The van der Waals surface area contributed by atoms with Crippen LogP contribution < -0.4 is 19.5 Å². The van der Waals surface area contributed by atoms with E-state index in [0.717, 1.165) is 10.2 Å². The number of hydrogen-bond donors (Lipinski definition) is 1. The van der Waals surface area contributed by atoms with Crippen LogP contribution in [0.4, 0.5) is 5.69 Å². The predicted molar refractivity (Wildman–Crippen MR) is 127 cm³/mol. The van der Waals surface area contributed by atoms with Crippen LogP contribution in [0, 0.1) is 4.91 Å². The minimum atomic E-state index is -0.965. The summed E-state index contributed by atoms with van der Waals surface area (Å²) in [6.45, 7) is 0. The molecule has 34 heavy (non-hydrogen) atoms. The Balaban J connectivity index is 1.74. The van der Waals surface area contributed by atoms with Crippen LogP contribution in [0.3, 0.4) is 0 Å². The third kappa shape index (κ3) is 4.41. The quantitative estimate of drug-likeness (QED) is 0.383. The molecule has 0 atom stereocenters. The number of nitrogens with zero attached hydrogens (tertiary/aromatic N) is 3. The van der Waals surface area contributed by atoms with Gasteiger partial charge in [0.1, 0.15) is 5.01 Å². The second-order valence-electron chi connectivity index (χ2n) is 6.93. The van der Waals surface area contributed by atoms with Crippen molar-refractivity contribution in [1.29, 1.82) is 0 Å². The van der Waals surface area contributed by atoms with Gasteiger partial charge in [0.05, 0.1) is 31.5 Å². The van der Waals surface area contributed by atoms with Crippen molar-refractivity contribution in [2.75, 3.05) is 26.6 Å². The van der Waals surface area contributed by atoms with E-state index < -0.39 is 11.8 Å². The molecular formula is C23H18N4O6S. The average Bonchev–Trinajstić information content (AvgIpc) is 3.31. The number of rotatable bonds is 7. The Morgan fingerprint density at radius 1 is 0.971 bits per heavy atom. The molecule has 4 aromatic rings. The van der Waals surface area contributed by atoms with Crippen LogP contribution in [0.1, 0.15) is 20.7 Å². The van der Waals surface area contributed by atoms with Gasteiger partial charge in [0.2, 0.25) is 5.75 Å². The average molecular weight is 478 g/mol. The molecule has 0 spiro atoms. The number of anilines is 1. The summed E-state index contributed by atoms with van der Waals surface area (Å²) in [7, 11) is 4.35. The minimum absolute atomic E-state index is 0.0186. The smallest absolute Gasteiger partial charge is 0.316 e. The summed E-state index contributed by atoms with van der Waals surface area (Å²) in [6.07, 6.45) is 3.32. The van der Waals surface area contributed by atoms with Gasteiger partial charge in [-0.15, -0.1) is 16.2 Å². The zero-order valence-electron chi connectivity index (χ0n) is 18.3. The molecule has 0 aliphatic carbocycles. The van der Waals surface area contributed by atoms with E-state index in [1.54, 1.807) is 24.5 Å². The summed E-state index contributed by atoms with van der Waals surface area (Å²) in [5, 5.41) is 5.83. The van der Waals surface area contributed by atoms with Gasteiger partial charge in [-0.05, 0) is 36.4 Å². The topological polar surface area (TPSA) is 129 Å². The molecular weight excluding hydrogens is 460 g/mol. The highest BCUT2D eigenvalue weighted by atomic mass is 32.1. The zero-order valence-corrected chi connectivity index (χ0v) is 19.1. The van der Waals surface area contributed by atoms with Gasteiger partial charge in [0, 0.05) is 39.9 Å². The fraction of sp³-hybridized carbons (Fsp3) is 0.130. The van der Waals surface area contributed by atoms with Crippen molar-refractivity contribution in [3.63, 3.8) is 0 Å². The van der Waals surface area contributed by atoms with E-state index in [4.69, 9.17) is 14.2 Å². The largest absolute Gasteiger partial charge is 0.493 e. The van der Waals surface area contributed by atoms with E-state index in [2.05, 4.69) is 20.5 Å². The molecule has 1 N–H and O–H groups in total. The van der Waals surface area contributed by atoms with Gasteiger partial charge in [-0.1, -0.05) is 0 Å². The lowest BCUT2D eigenvalue weighted by Crippen LogP contribution is -2.13. The van der Waals surface area contributed by atoms with Gasteiger partial charge in [-0.2, -0.15) is 0 Å². The third-order valence-electron chi connectivity index (χ3n) is 4.89. The molecule has 0 saturated heterocycles. The third-order valence-corrected chi connectivity index (χ3v) is 5.94. The molecule has 172 valence electrons. The van der Waals surface area contributed by atoms with E-state index in [-0.39, 0.29) is 16.8 Å². The van der Waals surface area contributed by atoms with Gasteiger partial charge in [-0.25, -0.2) is 4.98 Å². The highest BCUT2D eigenvalue weighted by molar-refractivity contribution is 7.21. The molecule has 0 aliphatic heterocycles. The molecule has 0 fully saturated rings. The lowest BCUT2D eigenvalue weighted by molar-refractivity contribution is 0.0996. The number of hydrogen-bond acceptors (Lipinski definition) is 9. The highest BCUT2D eigenvalue weighted by Gasteiger charge is 2.19. The monoisotopic (exact) mass is 478 g/mol. The Morgan fingerprint density at radius 2 is 1.71 bits per heavy atom. The second kappa shape index (κ2) is 9.63. The molecule has 2 aromatic heterocycles. The van der Waals surface area contributed by atoms with Crippen LogP contribution >= 0.6 is 11.3 Å². The number of fused-ring (bicyclic) bond motifs is 1. The van der Waals surface area contributed by atoms with Crippen molar-refractivity contribution in [3.8, 4) is 27.8 Å². The highest BCUT2D eigenvalue weighted by Crippen LogP contribution is 2.38. The predicted octanol–water partition coefficient (Wildman–Crippen LogP) is 4.54. The fourth-order valence-corrected chi connectivity index (χ4v) is 4.24. The van der Waals surface area contributed by atoms with Crippen molar-refractivity contribution in [3.05, 3.63) is 64.8 Å². The number of pyridine rings is 1. The van der Waals surface area contributed by atoms with Crippen molar-refractivity contribution in [2.24, 2.45) is 5.18 Å². The molecule has 2 aromatic carbocycles. The van der Waals surface area contributed by atoms with E-state index in [0.29, 0.717) is 27.8 Å². The molecule has 2 heterocycles. The SMILES string of the molecule is COc1cc(C(=O)Nc2cc(C(=O)N=O)cc(-c3nc4ccncc4s3)c2)cc(OC)c1OC. The number of aromatic nitrogens is 2. The second-order valence-corrected chi connectivity index (χ2v) is 7.96. The van der Waals surface area contributed by atoms with Gasteiger partial charge in [0.15, 0.2) is 11.5 Å². The number of ether oxygens (including phenoxy) is 3. The maximum absolute atomic E-state index is 13.0. The Kier molecular flexibility index (Phi) is 6.46. The maximum atomic E-state index is 13.0. The molecule has 0 aliphatic rings. The number of carbonyl (C=O) groups excluding carboxylic acids is 2. The number of benzene rings is 2. The number of nitrogens with one attached hydrogen (secondary N) is 1. The first-order valence-corrected chi connectivity index (χ1v) is 10.6. The molecule has 10 nitrogen and oxygen atoms in total. The molecule has 0 unspecified atom stereocenters. The van der Waals surface area contributed by atoms with Crippen LogP contribution in [0.2, 0.25) is 0 Å². The first-order chi connectivity index (χ1) is 16.5. The van der Waals surface area contributed by atoms with Crippen LogP contribution in [0.5, 0.6) is 17.2 Å². The van der Waals surface area contributed by atoms with Gasteiger partial charge < -0.3 is 19.5 Å². The van der Waals surface area contributed by atoms with Crippen molar-refractivity contribution in [2.45, 2.75) is 0 Å². The Bertz CT molecular complexity index is 1360. The standard InChI is InChI=1S/C23H18N4O6S/c1-31-17-9-13(10-18(32-2)20(17)33-3)21(28)25-15-7-12(22(29)27-30)6-14(8-15)23-26-16-4-5-24-11-19(16)34-23/h4-11H,1-3H3,(H,25,28). The Morgan fingerprint density at radius 3 is 2.32 bits per heavy atom. The Hall–Kier alpha value is -4.38. The van der Waals surface area contributed by atoms with Gasteiger partial charge in [-0.3, -0.25) is 14.6 Å². The molecule has 4 rings (SSSR count). The lowest BCUT2D eigenvalue weighted by Gasteiger charge is -2.14. The van der Waals surface area contributed by atoms with Crippen molar-refractivity contribution >= 4 is 39.1 Å². The summed E-state index contributed by atoms with van der Waals surface area (Å²) in [5.41, 5.74) is 1.80. The minimum Gasteiger partial charge on any atom is -0.493 e. The summed E-state index contributed by atoms with van der Waals surface area (Å²) in [4.78, 5) is 44.6. The summed E-state index contributed by atoms with van der Waals surface area (Å²) < 4.78 is 16.7. The molecule has 0 bridgehead atoms. The van der Waals surface area contributed by atoms with Crippen molar-refractivity contribution < 1.29 is 23.8 Å². The van der Waals surface area contributed by atoms with Gasteiger partial charge in [0.25, 0.3) is 5.91 Å². The zero-order chi connectivity index (χ0) is 24.2. The van der Waals surface area contributed by atoms with E-state index in [1.807, 2.05) is 0 Å². The van der Waals surface area contributed by atoms with Crippen LogP contribution in [-0.2, 0) is 0 Å². The van der Waals surface area contributed by atoms with E-state index >= 15 is 0 Å². The fourth-order valence-electron chi connectivity index (χ4n) is 3.32. The first kappa shape index (κ1) is 22.8. The first-order valence-electron chi connectivity index (χ1n) is 9.82. The number of carbonyl (C=O) groups is 2. The molecule has 2 amide bonds. The van der Waals surface area contributed by atoms with Crippen LogP contribution in [-0.4, -0.2) is 43.1 Å². The van der Waals surface area contributed by atoms with E-state index in [1.165, 1.54) is 56.9 Å². The van der Waals surface area contributed by atoms with Crippen LogP contribution in [0.15, 0.2) is 54.0 Å². The lowest BCUT2D eigenvalue weighted by atomic mass is 10.1. The Labute approximate surface area is 197 Å². The number of methoxy groups -OCH3 is 3. The van der Waals surface area contributed by atoms with Crippen LogP contribution in [0.25, 0.3) is 20.8 Å². The summed E-state index contributed by atoms with van der Waals surface area (Å²) >= 11 is 1.36. The summed E-state index contributed by atoms with van der Waals surface area (Å²) in [6, 6.07) is 9.30. The molecule has 11 heteroatoms. The summed E-state index contributed by atoms with van der Waals surface area (Å²) in [5.74, 6) is -0.496. The number of nitroso groups, excluding NO2 is 1. The van der Waals surface area contributed by atoms with E-state index in [9.17, 15) is 14.5 Å².